The van der Waals surface area contributed by atoms with E-state index in [1.165, 1.54) is 4.68 Å². The molecule has 0 saturated heterocycles. The smallest absolute Gasteiger partial charge is 0.306 e. The quantitative estimate of drug-likeness (QED) is 0.540. The lowest BCUT2D eigenvalue weighted by atomic mass is 10.1. The van der Waals surface area contributed by atoms with E-state index in [0.717, 1.165) is 17.8 Å². The molecule has 3 aromatic rings. The zero-order valence-corrected chi connectivity index (χ0v) is 19.3. The average molecular weight is 484 g/mol. The molecular weight excluding hydrogens is 459 g/mol. The monoisotopic (exact) mass is 483 g/mol. The van der Waals surface area contributed by atoms with Gasteiger partial charge in [-0.15, -0.1) is 0 Å². The maximum atomic E-state index is 13.4. The molecule has 1 atom stereocenters. The summed E-state index contributed by atoms with van der Waals surface area (Å²) >= 11 is 6.29. The summed E-state index contributed by atoms with van der Waals surface area (Å²) in [6.45, 7) is 6.86. The normalized spacial score (nSPS) is 14.5. The molecule has 1 aliphatic rings. The van der Waals surface area contributed by atoms with Crippen LogP contribution < -0.4 is 5.32 Å². The Labute approximate surface area is 193 Å². The first kappa shape index (κ1) is 23.3. The van der Waals surface area contributed by atoms with E-state index < -0.39 is 23.8 Å². The summed E-state index contributed by atoms with van der Waals surface area (Å²) in [4.78, 5) is 13.0. The van der Waals surface area contributed by atoms with Crippen LogP contribution in [0.1, 0.15) is 60.9 Å². The molecule has 1 amide bonds. The second-order valence-electron chi connectivity index (χ2n) is 8.08. The minimum Gasteiger partial charge on any atom is -0.306 e. The van der Waals surface area contributed by atoms with E-state index in [2.05, 4.69) is 20.6 Å². The Balaban J connectivity index is 1.55. The summed E-state index contributed by atoms with van der Waals surface area (Å²) in [6, 6.07) is -0.904. The Morgan fingerprint density at radius 2 is 2.03 bits per heavy atom. The number of alkyl halides is 3. The van der Waals surface area contributed by atoms with Crippen molar-refractivity contribution >= 4 is 23.3 Å². The van der Waals surface area contributed by atoms with Crippen LogP contribution in [0.3, 0.4) is 0 Å². The fraction of sp³-hybridized carbons (Fsp3) is 0.524. The van der Waals surface area contributed by atoms with Gasteiger partial charge < -0.3 is 5.32 Å². The molecule has 8 nitrogen and oxygen atoms in total. The third-order valence-electron chi connectivity index (χ3n) is 6.01. The highest BCUT2D eigenvalue weighted by molar-refractivity contribution is 6.33. The molecule has 1 N–H and O–H groups in total. The molecule has 1 aliphatic carbocycles. The SMILES string of the molecule is CC[C@H](C(=O)Nc1nn(Cc2cnn(CC)c2C)cc1Cl)n1nc(C(F)(F)F)c2c1CCC2. The lowest BCUT2D eigenvalue weighted by molar-refractivity contribution is -0.142. The van der Waals surface area contributed by atoms with Crippen LogP contribution in [0.25, 0.3) is 0 Å². The van der Waals surface area contributed by atoms with E-state index in [1.807, 2.05) is 18.5 Å². The lowest BCUT2D eigenvalue weighted by Crippen LogP contribution is -2.28. The van der Waals surface area contributed by atoms with Gasteiger partial charge in [0.1, 0.15) is 11.1 Å². The maximum Gasteiger partial charge on any atom is 0.435 e. The van der Waals surface area contributed by atoms with Gasteiger partial charge in [0, 0.05) is 35.3 Å². The molecule has 0 bridgehead atoms. The molecule has 0 radical (unpaired) electrons. The molecule has 0 aromatic carbocycles. The van der Waals surface area contributed by atoms with Crippen molar-refractivity contribution in [2.75, 3.05) is 5.32 Å². The number of nitrogens with zero attached hydrogens (tertiary/aromatic N) is 6. The number of hydrogen-bond acceptors (Lipinski definition) is 4. The highest BCUT2D eigenvalue weighted by atomic mass is 35.5. The number of fused-ring (bicyclic) bond motifs is 1. The first-order chi connectivity index (χ1) is 15.6. The Morgan fingerprint density at radius 3 is 2.67 bits per heavy atom. The van der Waals surface area contributed by atoms with E-state index in [-0.39, 0.29) is 22.8 Å². The zero-order chi connectivity index (χ0) is 23.9. The summed E-state index contributed by atoms with van der Waals surface area (Å²) < 4.78 is 45.0. The molecule has 12 heteroatoms. The number of carbonyl (C=O) groups is 1. The first-order valence-corrected chi connectivity index (χ1v) is 11.2. The molecule has 4 rings (SSSR count). The van der Waals surface area contributed by atoms with Crippen molar-refractivity contribution in [2.45, 2.75) is 71.8 Å². The van der Waals surface area contributed by atoms with Crippen molar-refractivity contribution in [3.8, 4) is 0 Å². The molecule has 0 saturated carbocycles. The van der Waals surface area contributed by atoms with E-state index >= 15 is 0 Å². The van der Waals surface area contributed by atoms with Crippen molar-refractivity contribution in [1.29, 1.82) is 0 Å². The number of hydrogen-bond donors (Lipinski definition) is 1. The Bertz CT molecular complexity index is 1180. The molecule has 178 valence electrons. The molecule has 0 fully saturated rings. The molecule has 3 aromatic heterocycles. The number of anilines is 1. The van der Waals surface area contributed by atoms with E-state index in [0.29, 0.717) is 31.5 Å². The number of rotatable bonds is 7. The molecule has 0 unspecified atom stereocenters. The summed E-state index contributed by atoms with van der Waals surface area (Å²) in [5, 5.41) is 15.4. The predicted octanol–water partition coefficient (Wildman–Crippen LogP) is 4.40. The summed E-state index contributed by atoms with van der Waals surface area (Å²) in [6.07, 6.45) is 0.448. The Hall–Kier alpha value is -2.82. The number of halogens is 4. The average Bonchev–Trinajstić information content (AvgIpc) is 3.49. The number of nitrogens with one attached hydrogen (secondary N) is 1. The van der Waals surface area contributed by atoms with Gasteiger partial charge in [0.15, 0.2) is 11.5 Å². The van der Waals surface area contributed by atoms with Crippen molar-refractivity contribution < 1.29 is 18.0 Å². The zero-order valence-electron chi connectivity index (χ0n) is 18.6. The molecule has 0 spiro atoms. The van der Waals surface area contributed by atoms with Crippen molar-refractivity contribution in [2.24, 2.45) is 0 Å². The maximum absolute atomic E-state index is 13.4. The van der Waals surface area contributed by atoms with Crippen LogP contribution in [-0.4, -0.2) is 35.2 Å². The standard InChI is InChI=1S/C21H25ClF3N7O/c1-4-16(32-17-8-6-7-14(17)18(28-32)21(23,24)25)20(33)27-19-15(22)11-30(29-19)10-13-9-26-31(5-2)12(13)3/h9,11,16H,4-8,10H2,1-3H3,(H,27,29,33)/t16-/m1/s1. The summed E-state index contributed by atoms with van der Waals surface area (Å²) in [5.74, 6) is -0.356. The Kier molecular flexibility index (Phi) is 6.26. The van der Waals surface area contributed by atoms with Crippen molar-refractivity contribution in [3.05, 3.63) is 45.6 Å². The topological polar surface area (TPSA) is 82.6 Å². The highest BCUT2D eigenvalue weighted by Gasteiger charge is 2.41. The fourth-order valence-corrected chi connectivity index (χ4v) is 4.51. The van der Waals surface area contributed by atoms with Crippen LogP contribution in [0.2, 0.25) is 5.02 Å². The number of aryl methyl sites for hydroxylation is 1. The van der Waals surface area contributed by atoms with E-state index in [4.69, 9.17) is 11.6 Å². The minimum atomic E-state index is -4.56. The van der Waals surface area contributed by atoms with Crippen LogP contribution in [-0.2, 0) is 36.9 Å². The van der Waals surface area contributed by atoms with Gasteiger partial charge in [-0.25, -0.2) is 0 Å². The third-order valence-corrected chi connectivity index (χ3v) is 6.28. The largest absolute Gasteiger partial charge is 0.435 e. The van der Waals surface area contributed by atoms with Gasteiger partial charge in [0.25, 0.3) is 0 Å². The molecule has 0 aliphatic heterocycles. The van der Waals surface area contributed by atoms with Crippen LogP contribution >= 0.6 is 11.6 Å². The second kappa shape index (κ2) is 8.85. The minimum absolute atomic E-state index is 0.153. The molecule has 33 heavy (non-hydrogen) atoms. The summed E-state index contributed by atoms with van der Waals surface area (Å²) in [7, 11) is 0. The van der Waals surface area contributed by atoms with Crippen LogP contribution in [0.5, 0.6) is 0 Å². The third kappa shape index (κ3) is 4.38. The lowest BCUT2D eigenvalue weighted by Gasteiger charge is -2.17. The van der Waals surface area contributed by atoms with Gasteiger partial charge in [0.2, 0.25) is 5.91 Å². The highest BCUT2D eigenvalue weighted by Crippen LogP contribution is 2.38. The molecular formula is C21H25ClF3N7O. The first-order valence-electron chi connectivity index (χ1n) is 10.9. The van der Waals surface area contributed by atoms with E-state index in [1.54, 1.807) is 24.0 Å². The van der Waals surface area contributed by atoms with Gasteiger partial charge in [-0.3, -0.25) is 18.8 Å². The van der Waals surface area contributed by atoms with Crippen molar-refractivity contribution in [1.82, 2.24) is 29.3 Å². The van der Waals surface area contributed by atoms with Gasteiger partial charge in [-0.05, 0) is 39.5 Å². The van der Waals surface area contributed by atoms with Crippen LogP contribution in [0.15, 0.2) is 12.4 Å². The summed E-state index contributed by atoms with van der Waals surface area (Å²) in [5.41, 5.74) is 1.75. The number of carbonyl (C=O) groups excluding carboxylic acids is 1. The van der Waals surface area contributed by atoms with Gasteiger partial charge in [-0.2, -0.15) is 28.5 Å². The number of amides is 1. The van der Waals surface area contributed by atoms with Crippen LogP contribution in [0, 0.1) is 6.92 Å². The van der Waals surface area contributed by atoms with Gasteiger partial charge in [0.05, 0.1) is 12.7 Å². The number of aromatic nitrogens is 6. The fourth-order valence-electron chi connectivity index (χ4n) is 4.32. The second-order valence-corrected chi connectivity index (χ2v) is 8.48. The van der Waals surface area contributed by atoms with Gasteiger partial charge in [-0.1, -0.05) is 18.5 Å². The van der Waals surface area contributed by atoms with Crippen LogP contribution in [0.4, 0.5) is 19.0 Å². The Morgan fingerprint density at radius 1 is 1.27 bits per heavy atom. The molecule has 3 heterocycles. The van der Waals surface area contributed by atoms with Crippen molar-refractivity contribution in [3.63, 3.8) is 0 Å². The van der Waals surface area contributed by atoms with Gasteiger partial charge >= 0.3 is 6.18 Å². The predicted molar refractivity (Wildman–Crippen MR) is 116 cm³/mol. The van der Waals surface area contributed by atoms with E-state index in [9.17, 15) is 18.0 Å².